The van der Waals surface area contributed by atoms with Gasteiger partial charge < -0.3 is 9.67 Å². The molecule has 2 heterocycles. The molecule has 4 heteroatoms. The molecule has 3 rings (SSSR count). The topological polar surface area (TPSA) is 25.2 Å². The van der Waals surface area contributed by atoms with Crippen LogP contribution in [0.25, 0.3) is 10.9 Å². The van der Waals surface area contributed by atoms with Crippen molar-refractivity contribution >= 4 is 10.9 Å². The number of aliphatic hydroxyl groups is 1. The standard InChI is InChI=1S/C12H11F2NO/c1-12(16)3-5-15-4-2-7-10(14)9(13)6-8(12)11(7)15/h2,4,6,16H,3,5H2,1H3. The summed E-state index contributed by atoms with van der Waals surface area (Å²) in [5.74, 6) is -1.74. The summed E-state index contributed by atoms with van der Waals surface area (Å²) in [6.07, 6.45) is 2.24. The Balaban J connectivity index is 2.49. The zero-order valence-corrected chi connectivity index (χ0v) is 8.80. The van der Waals surface area contributed by atoms with Gasteiger partial charge in [-0.05, 0) is 25.5 Å². The van der Waals surface area contributed by atoms with Gasteiger partial charge in [0.2, 0.25) is 0 Å². The Labute approximate surface area is 91.1 Å². The Morgan fingerprint density at radius 3 is 2.94 bits per heavy atom. The lowest BCUT2D eigenvalue weighted by molar-refractivity contribution is 0.0394. The molecule has 0 fully saturated rings. The minimum atomic E-state index is -1.08. The van der Waals surface area contributed by atoms with Crippen molar-refractivity contribution in [1.29, 1.82) is 0 Å². The van der Waals surface area contributed by atoms with Crippen LogP contribution in [0.1, 0.15) is 18.9 Å². The molecule has 1 aliphatic rings. The Kier molecular flexibility index (Phi) is 1.73. The molecule has 0 spiro atoms. The first-order valence-electron chi connectivity index (χ1n) is 5.20. The van der Waals surface area contributed by atoms with Crippen molar-refractivity contribution in [1.82, 2.24) is 4.57 Å². The number of hydrogen-bond donors (Lipinski definition) is 1. The quantitative estimate of drug-likeness (QED) is 0.729. The van der Waals surface area contributed by atoms with E-state index >= 15 is 0 Å². The molecule has 1 aromatic carbocycles. The summed E-state index contributed by atoms with van der Waals surface area (Å²) in [4.78, 5) is 0. The van der Waals surface area contributed by atoms with Gasteiger partial charge in [0.15, 0.2) is 11.6 Å². The summed E-state index contributed by atoms with van der Waals surface area (Å²) in [5.41, 5.74) is -0.00553. The highest BCUT2D eigenvalue weighted by Gasteiger charge is 2.32. The third kappa shape index (κ3) is 1.08. The summed E-state index contributed by atoms with van der Waals surface area (Å²) in [6.45, 7) is 2.25. The highest BCUT2D eigenvalue weighted by Crippen LogP contribution is 2.38. The fourth-order valence-electron chi connectivity index (χ4n) is 2.41. The maximum absolute atomic E-state index is 13.5. The van der Waals surface area contributed by atoms with E-state index in [9.17, 15) is 13.9 Å². The van der Waals surface area contributed by atoms with Crippen LogP contribution >= 0.6 is 0 Å². The normalized spacial score (nSPS) is 24.0. The molecular weight excluding hydrogens is 212 g/mol. The van der Waals surface area contributed by atoms with Crippen LogP contribution in [0.5, 0.6) is 0 Å². The van der Waals surface area contributed by atoms with E-state index in [0.29, 0.717) is 24.0 Å². The molecule has 0 aliphatic carbocycles. The van der Waals surface area contributed by atoms with E-state index in [0.717, 1.165) is 6.07 Å². The molecule has 0 saturated heterocycles. The summed E-state index contributed by atoms with van der Waals surface area (Å²) in [5, 5.41) is 10.4. The van der Waals surface area contributed by atoms with Crippen LogP contribution in [0, 0.1) is 11.6 Å². The molecule has 1 aromatic heterocycles. The highest BCUT2D eigenvalue weighted by molar-refractivity contribution is 5.85. The van der Waals surface area contributed by atoms with Crippen LogP contribution in [0.2, 0.25) is 0 Å². The van der Waals surface area contributed by atoms with E-state index in [1.165, 1.54) is 0 Å². The van der Waals surface area contributed by atoms with Crippen LogP contribution < -0.4 is 0 Å². The van der Waals surface area contributed by atoms with Gasteiger partial charge in [0.05, 0.1) is 11.1 Å². The van der Waals surface area contributed by atoms with Crippen molar-refractivity contribution in [2.45, 2.75) is 25.5 Å². The van der Waals surface area contributed by atoms with Gasteiger partial charge in [-0.1, -0.05) is 0 Å². The number of benzene rings is 1. The maximum Gasteiger partial charge on any atom is 0.168 e. The molecule has 1 atom stereocenters. The first-order chi connectivity index (χ1) is 7.50. The van der Waals surface area contributed by atoms with E-state index in [2.05, 4.69) is 0 Å². The zero-order chi connectivity index (χ0) is 11.5. The Hall–Kier alpha value is -1.42. The molecule has 0 saturated carbocycles. The number of aryl methyl sites for hydroxylation is 1. The lowest BCUT2D eigenvalue weighted by atomic mass is 9.88. The van der Waals surface area contributed by atoms with Crippen molar-refractivity contribution in [2.24, 2.45) is 0 Å². The number of hydrogen-bond acceptors (Lipinski definition) is 1. The molecule has 16 heavy (non-hydrogen) atoms. The van der Waals surface area contributed by atoms with Crippen LogP contribution in [-0.2, 0) is 12.1 Å². The second-order valence-corrected chi connectivity index (χ2v) is 4.52. The van der Waals surface area contributed by atoms with Crippen molar-refractivity contribution in [3.63, 3.8) is 0 Å². The number of nitrogens with zero attached hydrogens (tertiary/aromatic N) is 1. The number of aromatic nitrogens is 1. The molecular formula is C12H11F2NO. The first kappa shape index (κ1) is 9.78. The largest absolute Gasteiger partial charge is 0.385 e. The molecule has 0 bridgehead atoms. The van der Waals surface area contributed by atoms with E-state index in [1.54, 1.807) is 19.2 Å². The average molecular weight is 223 g/mol. The van der Waals surface area contributed by atoms with Crippen molar-refractivity contribution in [3.8, 4) is 0 Å². The molecule has 2 nitrogen and oxygen atoms in total. The lowest BCUT2D eigenvalue weighted by Gasteiger charge is -2.30. The second-order valence-electron chi connectivity index (χ2n) is 4.52. The minimum absolute atomic E-state index is 0.245. The number of halogens is 2. The highest BCUT2D eigenvalue weighted by atomic mass is 19.2. The van der Waals surface area contributed by atoms with E-state index < -0.39 is 17.2 Å². The lowest BCUT2D eigenvalue weighted by Crippen LogP contribution is -2.28. The monoisotopic (exact) mass is 223 g/mol. The van der Waals surface area contributed by atoms with Crippen molar-refractivity contribution in [2.75, 3.05) is 0 Å². The van der Waals surface area contributed by atoms with E-state index in [-0.39, 0.29) is 5.39 Å². The van der Waals surface area contributed by atoms with Gasteiger partial charge in [-0.3, -0.25) is 0 Å². The summed E-state index contributed by atoms with van der Waals surface area (Å²) >= 11 is 0. The predicted molar refractivity (Wildman–Crippen MR) is 56.0 cm³/mol. The summed E-state index contributed by atoms with van der Waals surface area (Å²) < 4.78 is 28.8. The third-order valence-corrected chi connectivity index (χ3v) is 3.36. The fourth-order valence-corrected chi connectivity index (χ4v) is 2.41. The van der Waals surface area contributed by atoms with Crippen LogP contribution in [0.4, 0.5) is 8.78 Å². The molecule has 1 aliphatic heterocycles. The molecule has 84 valence electrons. The Morgan fingerprint density at radius 2 is 2.19 bits per heavy atom. The van der Waals surface area contributed by atoms with Crippen molar-refractivity contribution < 1.29 is 13.9 Å². The second kappa shape index (κ2) is 2.83. The van der Waals surface area contributed by atoms with Gasteiger partial charge in [-0.15, -0.1) is 0 Å². The minimum Gasteiger partial charge on any atom is -0.385 e. The smallest absolute Gasteiger partial charge is 0.168 e. The third-order valence-electron chi connectivity index (χ3n) is 3.36. The predicted octanol–water partition coefficient (Wildman–Crippen LogP) is 2.53. The van der Waals surface area contributed by atoms with Gasteiger partial charge in [0.25, 0.3) is 0 Å². The Morgan fingerprint density at radius 1 is 1.44 bits per heavy atom. The molecule has 1 N–H and O–H groups in total. The molecule has 0 amide bonds. The summed E-state index contributed by atoms with van der Waals surface area (Å²) in [7, 11) is 0. The number of rotatable bonds is 0. The van der Waals surface area contributed by atoms with Crippen LogP contribution in [-0.4, -0.2) is 9.67 Å². The average Bonchev–Trinajstić information content (AvgIpc) is 2.63. The fraction of sp³-hybridized carbons (Fsp3) is 0.333. The molecule has 2 aromatic rings. The van der Waals surface area contributed by atoms with Gasteiger partial charge in [-0.2, -0.15) is 0 Å². The molecule has 1 unspecified atom stereocenters. The van der Waals surface area contributed by atoms with Gasteiger partial charge in [0.1, 0.15) is 0 Å². The van der Waals surface area contributed by atoms with E-state index in [4.69, 9.17) is 0 Å². The maximum atomic E-state index is 13.5. The molecule has 0 radical (unpaired) electrons. The van der Waals surface area contributed by atoms with Crippen LogP contribution in [0.15, 0.2) is 18.3 Å². The van der Waals surface area contributed by atoms with Crippen LogP contribution in [0.3, 0.4) is 0 Å². The summed E-state index contributed by atoms with van der Waals surface area (Å²) in [6, 6.07) is 2.66. The van der Waals surface area contributed by atoms with Gasteiger partial charge in [-0.25, -0.2) is 8.78 Å². The van der Waals surface area contributed by atoms with Gasteiger partial charge >= 0.3 is 0 Å². The van der Waals surface area contributed by atoms with E-state index in [1.807, 2.05) is 4.57 Å². The van der Waals surface area contributed by atoms with Gasteiger partial charge in [0, 0.05) is 23.7 Å². The van der Waals surface area contributed by atoms with Crippen molar-refractivity contribution in [3.05, 3.63) is 35.5 Å². The first-order valence-corrected chi connectivity index (χ1v) is 5.20. The SMILES string of the molecule is CC1(O)CCn2ccc3c(F)c(F)cc1c32. The Bertz CT molecular complexity index is 586. The zero-order valence-electron chi connectivity index (χ0n) is 8.80.